The molecule has 196 valence electrons. The number of anilines is 3. The third-order valence-electron chi connectivity index (χ3n) is 6.96. The molecule has 0 aliphatic carbocycles. The Kier molecular flexibility index (Phi) is 6.82. The molecule has 1 atom stereocenters. The lowest BCUT2D eigenvalue weighted by Crippen LogP contribution is -2.48. The van der Waals surface area contributed by atoms with Crippen molar-refractivity contribution >= 4 is 40.8 Å². The van der Waals surface area contributed by atoms with E-state index in [1.807, 2.05) is 17.0 Å². The Hall–Kier alpha value is -4.67. The van der Waals surface area contributed by atoms with Gasteiger partial charge in [0, 0.05) is 47.7 Å². The molecule has 4 N–H and O–H groups in total. The van der Waals surface area contributed by atoms with Crippen LogP contribution in [0.5, 0.6) is 0 Å². The first-order valence-corrected chi connectivity index (χ1v) is 12.4. The average Bonchev–Trinajstić information content (AvgIpc) is 3.29. The topological polar surface area (TPSA) is 151 Å². The smallest absolute Gasteiger partial charge is 0.323 e. The number of aliphatic carboxylic acids is 1. The Morgan fingerprint density at radius 2 is 1.87 bits per heavy atom. The van der Waals surface area contributed by atoms with E-state index in [4.69, 9.17) is 5.73 Å². The quantitative estimate of drug-likeness (QED) is 0.435. The monoisotopic (exact) mass is 516 g/mol. The summed E-state index contributed by atoms with van der Waals surface area (Å²) in [5, 5.41) is 12.2. The van der Waals surface area contributed by atoms with Crippen LogP contribution < -0.4 is 20.9 Å². The largest absolute Gasteiger partial charge is 0.480 e. The van der Waals surface area contributed by atoms with Gasteiger partial charge in [0.2, 0.25) is 17.7 Å². The summed E-state index contributed by atoms with van der Waals surface area (Å²) in [5.41, 5.74) is 9.11. The van der Waals surface area contributed by atoms with Crippen molar-refractivity contribution in [3.8, 4) is 0 Å². The lowest BCUT2D eigenvalue weighted by molar-refractivity contribution is -0.137. The molecule has 1 aromatic heterocycles. The normalized spacial score (nSPS) is 17.2. The minimum absolute atomic E-state index is 0.0952. The molecule has 2 aromatic carbocycles. The SMILES string of the molecule is NC(=O)c1cccc(N2Cc3ncn(CC(=O)O)c3CC2C(=O)Nc2ccc(N3CCCCC3=O)cc2)c1. The van der Waals surface area contributed by atoms with Gasteiger partial charge in [-0.05, 0) is 55.3 Å². The van der Waals surface area contributed by atoms with Gasteiger partial charge in [-0.3, -0.25) is 19.2 Å². The Bertz CT molecular complexity index is 1400. The molecule has 5 rings (SSSR count). The number of carboxylic acids is 1. The molecule has 11 heteroatoms. The summed E-state index contributed by atoms with van der Waals surface area (Å²) in [5.74, 6) is -1.79. The van der Waals surface area contributed by atoms with E-state index in [0.717, 1.165) is 18.5 Å². The van der Waals surface area contributed by atoms with E-state index in [2.05, 4.69) is 10.3 Å². The number of imidazole rings is 1. The van der Waals surface area contributed by atoms with Crippen molar-refractivity contribution < 1.29 is 24.3 Å². The van der Waals surface area contributed by atoms with Crippen LogP contribution in [0.1, 0.15) is 41.0 Å². The summed E-state index contributed by atoms with van der Waals surface area (Å²) < 4.78 is 1.54. The highest BCUT2D eigenvalue weighted by atomic mass is 16.4. The van der Waals surface area contributed by atoms with E-state index in [-0.39, 0.29) is 31.3 Å². The lowest BCUT2D eigenvalue weighted by Gasteiger charge is -2.36. The molecule has 3 amide bonds. The summed E-state index contributed by atoms with van der Waals surface area (Å²) >= 11 is 0. The zero-order valence-corrected chi connectivity index (χ0v) is 20.7. The van der Waals surface area contributed by atoms with E-state index in [1.54, 1.807) is 45.9 Å². The van der Waals surface area contributed by atoms with Crippen molar-refractivity contribution in [2.45, 2.75) is 44.8 Å². The number of hydrogen-bond acceptors (Lipinski definition) is 6. The molecule has 1 fully saturated rings. The Balaban J connectivity index is 1.42. The fourth-order valence-electron chi connectivity index (χ4n) is 5.04. The summed E-state index contributed by atoms with van der Waals surface area (Å²) in [6, 6.07) is 13.2. The van der Waals surface area contributed by atoms with Crippen LogP contribution >= 0.6 is 0 Å². The molecule has 1 unspecified atom stereocenters. The maximum Gasteiger partial charge on any atom is 0.323 e. The van der Waals surface area contributed by atoms with Gasteiger partial charge in [0.05, 0.1) is 18.6 Å². The highest BCUT2D eigenvalue weighted by Crippen LogP contribution is 2.30. The van der Waals surface area contributed by atoms with Gasteiger partial charge in [-0.2, -0.15) is 0 Å². The number of carbonyl (C=O) groups excluding carboxylic acids is 3. The molecule has 0 bridgehead atoms. The summed E-state index contributed by atoms with van der Waals surface area (Å²) in [4.78, 5) is 57.0. The number of rotatable bonds is 7. The molecule has 2 aliphatic rings. The van der Waals surface area contributed by atoms with Crippen LogP contribution in [0, 0.1) is 0 Å². The Labute approximate surface area is 218 Å². The molecule has 3 heterocycles. The Morgan fingerprint density at radius 1 is 1.08 bits per heavy atom. The summed E-state index contributed by atoms with van der Waals surface area (Å²) in [7, 11) is 0. The van der Waals surface area contributed by atoms with E-state index in [0.29, 0.717) is 41.3 Å². The molecular formula is C27H28N6O5. The minimum Gasteiger partial charge on any atom is -0.480 e. The summed E-state index contributed by atoms with van der Waals surface area (Å²) in [6.45, 7) is 0.668. The van der Waals surface area contributed by atoms with E-state index < -0.39 is 17.9 Å². The van der Waals surface area contributed by atoms with Crippen molar-refractivity contribution in [1.29, 1.82) is 0 Å². The molecule has 0 saturated carbocycles. The van der Waals surface area contributed by atoms with Crippen LogP contribution in [0.25, 0.3) is 0 Å². The number of nitrogens with one attached hydrogen (secondary N) is 1. The standard InChI is InChI=1S/C27H28N6O5/c28-26(37)17-4-3-5-20(12-17)33-14-21-22(31(16-29-21)15-25(35)36)13-23(33)27(38)30-18-7-9-19(10-8-18)32-11-2-1-6-24(32)34/h3-5,7-10,12,16,23H,1-2,6,11,13-15H2,(H2,28,37)(H,30,38)(H,35,36). The lowest BCUT2D eigenvalue weighted by atomic mass is 9.99. The average molecular weight is 517 g/mol. The zero-order valence-electron chi connectivity index (χ0n) is 20.7. The first kappa shape index (κ1) is 25.0. The van der Waals surface area contributed by atoms with Crippen molar-refractivity contribution in [1.82, 2.24) is 9.55 Å². The van der Waals surface area contributed by atoms with Crippen LogP contribution in [0.15, 0.2) is 54.9 Å². The van der Waals surface area contributed by atoms with Crippen molar-refractivity contribution in [3.05, 3.63) is 71.8 Å². The number of nitrogens with two attached hydrogens (primary N) is 1. The Morgan fingerprint density at radius 3 is 2.58 bits per heavy atom. The molecule has 11 nitrogen and oxygen atoms in total. The number of fused-ring (bicyclic) bond motifs is 1. The highest BCUT2D eigenvalue weighted by molar-refractivity contribution is 5.99. The van der Waals surface area contributed by atoms with Gasteiger partial charge in [0.1, 0.15) is 12.6 Å². The second-order valence-corrected chi connectivity index (χ2v) is 9.46. The number of carboxylic acid groups (broad SMARTS) is 1. The first-order chi connectivity index (χ1) is 18.3. The molecule has 0 spiro atoms. The first-order valence-electron chi connectivity index (χ1n) is 12.4. The maximum atomic E-state index is 13.6. The number of hydrogen-bond donors (Lipinski definition) is 3. The van der Waals surface area contributed by atoms with Crippen molar-refractivity contribution in [2.24, 2.45) is 5.73 Å². The van der Waals surface area contributed by atoms with E-state index >= 15 is 0 Å². The van der Waals surface area contributed by atoms with Crippen molar-refractivity contribution in [3.63, 3.8) is 0 Å². The summed E-state index contributed by atoms with van der Waals surface area (Å²) in [6.07, 6.45) is 4.08. The van der Waals surface area contributed by atoms with Gasteiger partial charge in [-0.15, -0.1) is 0 Å². The number of carbonyl (C=O) groups is 4. The van der Waals surface area contributed by atoms with Crippen LogP contribution in [0.2, 0.25) is 0 Å². The number of aromatic nitrogens is 2. The second-order valence-electron chi connectivity index (χ2n) is 9.46. The predicted molar refractivity (Wildman–Crippen MR) is 140 cm³/mol. The molecule has 1 saturated heterocycles. The predicted octanol–water partition coefficient (Wildman–Crippen LogP) is 2.15. The highest BCUT2D eigenvalue weighted by Gasteiger charge is 2.35. The van der Waals surface area contributed by atoms with Crippen LogP contribution in [0.4, 0.5) is 17.1 Å². The molecule has 0 radical (unpaired) electrons. The number of nitrogens with zero attached hydrogens (tertiary/aromatic N) is 4. The zero-order chi connectivity index (χ0) is 26.8. The van der Waals surface area contributed by atoms with Gasteiger partial charge in [0.15, 0.2) is 0 Å². The fraction of sp³-hybridized carbons (Fsp3) is 0.296. The van der Waals surface area contributed by atoms with Crippen molar-refractivity contribution in [2.75, 3.05) is 21.7 Å². The molecular weight excluding hydrogens is 488 g/mol. The molecule has 3 aromatic rings. The number of amides is 3. The molecule has 38 heavy (non-hydrogen) atoms. The number of benzene rings is 2. The van der Waals surface area contributed by atoms with E-state index in [1.165, 1.54) is 6.33 Å². The second kappa shape index (κ2) is 10.4. The van der Waals surface area contributed by atoms with Gasteiger partial charge < -0.3 is 30.5 Å². The number of piperidine rings is 1. The molecule has 2 aliphatic heterocycles. The van der Waals surface area contributed by atoms with Gasteiger partial charge in [-0.25, -0.2) is 4.98 Å². The number of primary amides is 1. The van der Waals surface area contributed by atoms with Gasteiger partial charge in [-0.1, -0.05) is 6.07 Å². The minimum atomic E-state index is -1.00. The third-order valence-corrected chi connectivity index (χ3v) is 6.96. The maximum absolute atomic E-state index is 13.6. The van der Waals surface area contributed by atoms with Gasteiger partial charge >= 0.3 is 5.97 Å². The van der Waals surface area contributed by atoms with Crippen LogP contribution in [-0.2, 0) is 33.9 Å². The fourth-order valence-corrected chi connectivity index (χ4v) is 5.04. The van der Waals surface area contributed by atoms with Crippen LogP contribution in [-0.4, -0.2) is 50.9 Å². The van der Waals surface area contributed by atoms with E-state index in [9.17, 15) is 24.3 Å². The third kappa shape index (κ3) is 5.08. The van der Waals surface area contributed by atoms with Crippen LogP contribution in [0.3, 0.4) is 0 Å². The van der Waals surface area contributed by atoms with Gasteiger partial charge in [0.25, 0.3) is 0 Å².